The van der Waals surface area contributed by atoms with Crippen molar-refractivity contribution < 1.29 is 18.3 Å². The molecule has 6 nitrogen and oxygen atoms in total. The van der Waals surface area contributed by atoms with Gasteiger partial charge in [-0.15, -0.1) is 0 Å². The van der Waals surface area contributed by atoms with E-state index < -0.39 is 15.8 Å². The molecule has 21 heavy (non-hydrogen) atoms. The highest BCUT2D eigenvalue weighted by atomic mass is 32.2. The second-order valence-electron chi connectivity index (χ2n) is 4.99. The van der Waals surface area contributed by atoms with Gasteiger partial charge in [-0.2, -0.15) is 0 Å². The Bertz CT molecular complexity index is 803. The number of fused-ring (bicyclic) bond motifs is 1. The van der Waals surface area contributed by atoms with Gasteiger partial charge in [0.25, 0.3) is 0 Å². The Labute approximate surface area is 121 Å². The summed E-state index contributed by atoms with van der Waals surface area (Å²) < 4.78 is 23.1. The summed E-state index contributed by atoms with van der Waals surface area (Å²) in [6, 6.07) is 8.79. The van der Waals surface area contributed by atoms with Crippen LogP contribution in [-0.2, 0) is 9.84 Å². The SMILES string of the molecule is O=C(O)c1cc(N2CCS(=O)(=O)CC2)c2ccccc2n1. The summed E-state index contributed by atoms with van der Waals surface area (Å²) in [4.78, 5) is 17.2. The molecule has 1 aromatic carbocycles. The van der Waals surface area contributed by atoms with Gasteiger partial charge in [0, 0.05) is 24.2 Å². The van der Waals surface area contributed by atoms with Crippen molar-refractivity contribution in [1.82, 2.24) is 4.98 Å². The van der Waals surface area contributed by atoms with Gasteiger partial charge in [-0.05, 0) is 12.1 Å². The number of carboxylic acid groups (broad SMARTS) is 1. The van der Waals surface area contributed by atoms with Crippen molar-refractivity contribution in [3.05, 3.63) is 36.0 Å². The van der Waals surface area contributed by atoms with Crippen LogP contribution in [0.1, 0.15) is 10.5 Å². The molecule has 7 heteroatoms. The van der Waals surface area contributed by atoms with E-state index in [1.54, 1.807) is 12.1 Å². The normalized spacial score (nSPS) is 17.8. The van der Waals surface area contributed by atoms with Crippen LogP contribution >= 0.6 is 0 Å². The highest BCUT2D eigenvalue weighted by Crippen LogP contribution is 2.28. The minimum atomic E-state index is -2.98. The topological polar surface area (TPSA) is 87.6 Å². The quantitative estimate of drug-likeness (QED) is 0.896. The molecule has 0 unspecified atom stereocenters. The summed E-state index contributed by atoms with van der Waals surface area (Å²) in [5, 5.41) is 10.0. The van der Waals surface area contributed by atoms with Crippen LogP contribution in [0.4, 0.5) is 5.69 Å². The minimum absolute atomic E-state index is 0.0304. The predicted octanol–water partition coefficient (Wildman–Crippen LogP) is 1.17. The van der Waals surface area contributed by atoms with E-state index in [1.165, 1.54) is 6.07 Å². The highest BCUT2D eigenvalue weighted by molar-refractivity contribution is 7.91. The first-order valence-corrected chi connectivity index (χ1v) is 8.37. The first kappa shape index (κ1) is 13.8. The van der Waals surface area contributed by atoms with Crippen molar-refractivity contribution in [1.29, 1.82) is 0 Å². The molecule has 0 atom stereocenters. The number of para-hydroxylation sites is 1. The molecule has 0 aliphatic carbocycles. The zero-order chi connectivity index (χ0) is 15.0. The standard InChI is InChI=1S/C14H14N2O4S/c17-14(18)12-9-13(10-3-1-2-4-11(10)15-12)16-5-7-21(19,20)8-6-16/h1-4,9H,5-8H2,(H,17,18). The van der Waals surface area contributed by atoms with Gasteiger partial charge in [-0.1, -0.05) is 18.2 Å². The average molecular weight is 306 g/mol. The van der Waals surface area contributed by atoms with Gasteiger partial charge in [-0.25, -0.2) is 18.2 Å². The van der Waals surface area contributed by atoms with Crippen molar-refractivity contribution in [2.45, 2.75) is 0 Å². The number of benzene rings is 1. The molecule has 0 spiro atoms. The maximum Gasteiger partial charge on any atom is 0.354 e. The van der Waals surface area contributed by atoms with Crippen LogP contribution in [0.5, 0.6) is 0 Å². The number of pyridine rings is 1. The number of aromatic carboxylic acids is 1. The summed E-state index contributed by atoms with van der Waals surface area (Å²) >= 11 is 0. The van der Waals surface area contributed by atoms with Crippen LogP contribution in [0.15, 0.2) is 30.3 Å². The van der Waals surface area contributed by atoms with E-state index in [9.17, 15) is 18.3 Å². The number of anilines is 1. The van der Waals surface area contributed by atoms with Crippen molar-refractivity contribution in [2.24, 2.45) is 0 Å². The monoisotopic (exact) mass is 306 g/mol. The van der Waals surface area contributed by atoms with E-state index in [-0.39, 0.29) is 17.2 Å². The van der Waals surface area contributed by atoms with Gasteiger partial charge in [0.2, 0.25) is 0 Å². The fourth-order valence-electron chi connectivity index (χ4n) is 2.48. The van der Waals surface area contributed by atoms with E-state index >= 15 is 0 Å². The van der Waals surface area contributed by atoms with Crippen LogP contribution in [-0.4, -0.2) is 49.1 Å². The molecule has 1 aliphatic rings. The zero-order valence-corrected chi connectivity index (χ0v) is 12.0. The van der Waals surface area contributed by atoms with E-state index in [4.69, 9.17) is 0 Å². The van der Waals surface area contributed by atoms with Gasteiger partial charge >= 0.3 is 5.97 Å². The van der Waals surface area contributed by atoms with Crippen LogP contribution in [0.2, 0.25) is 0 Å². The number of nitrogens with zero attached hydrogens (tertiary/aromatic N) is 2. The molecule has 1 saturated heterocycles. The third-order valence-corrected chi connectivity index (χ3v) is 5.21. The molecule has 3 rings (SSSR count). The number of hydrogen-bond donors (Lipinski definition) is 1. The van der Waals surface area contributed by atoms with Crippen molar-refractivity contribution >= 4 is 32.4 Å². The number of aromatic nitrogens is 1. The van der Waals surface area contributed by atoms with Gasteiger partial charge < -0.3 is 10.0 Å². The van der Waals surface area contributed by atoms with E-state index in [2.05, 4.69) is 4.98 Å². The lowest BCUT2D eigenvalue weighted by molar-refractivity contribution is 0.0691. The Morgan fingerprint density at radius 2 is 1.86 bits per heavy atom. The average Bonchev–Trinajstić information content (AvgIpc) is 2.46. The summed E-state index contributed by atoms with van der Waals surface area (Å²) in [5.74, 6) is -0.912. The van der Waals surface area contributed by atoms with Crippen molar-refractivity contribution in [3.63, 3.8) is 0 Å². The molecule has 1 fully saturated rings. The summed E-state index contributed by atoms with van der Waals surface area (Å²) in [7, 11) is -2.98. The minimum Gasteiger partial charge on any atom is -0.477 e. The fourth-order valence-corrected chi connectivity index (χ4v) is 3.68. The number of rotatable bonds is 2. The maximum absolute atomic E-state index is 11.5. The largest absolute Gasteiger partial charge is 0.477 e. The molecular formula is C14H14N2O4S. The zero-order valence-electron chi connectivity index (χ0n) is 11.2. The lowest BCUT2D eigenvalue weighted by atomic mass is 10.1. The van der Waals surface area contributed by atoms with Crippen LogP contribution in [0.25, 0.3) is 10.9 Å². The molecule has 2 heterocycles. The lowest BCUT2D eigenvalue weighted by Gasteiger charge is -2.29. The van der Waals surface area contributed by atoms with E-state index in [0.29, 0.717) is 18.6 Å². The van der Waals surface area contributed by atoms with Gasteiger partial charge in [0.15, 0.2) is 15.5 Å². The molecule has 0 amide bonds. The predicted molar refractivity (Wildman–Crippen MR) is 79.6 cm³/mol. The first-order chi connectivity index (χ1) is 9.96. The molecule has 0 bridgehead atoms. The summed E-state index contributed by atoms with van der Waals surface area (Å²) in [5.41, 5.74) is 1.30. The van der Waals surface area contributed by atoms with Gasteiger partial charge in [-0.3, -0.25) is 0 Å². The first-order valence-electron chi connectivity index (χ1n) is 6.55. The Morgan fingerprint density at radius 1 is 1.19 bits per heavy atom. The highest BCUT2D eigenvalue weighted by Gasteiger charge is 2.24. The van der Waals surface area contributed by atoms with Gasteiger partial charge in [0.05, 0.1) is 17.0 Å². The lowest BCUT2D eigenvalue weighted by Crippen LogP contribution is -2.40. The van der Waals surface area contributed by atoms with Gasteiger partial charge in [0.1, 0.15) is 0 Å². The number of carbonyl (C=O) groups is 1. The summed E-state index contributed by atoms with van der Waals surface area (Å²) in [6.07, 6.45) is 0. The van der Waals surface area contributed by atoms with Crippen LogP contribution in [0, 0.1) is 0 Å². The Kier molecular flexibility index (Phi) is 3.29. The molecule has 1 aromatic heterocycles. The van der Waals surface area contributed by atoms with Crippen LogP contribution in [0.3, 0.4) is 0 Å². The molecule has 110 valence electrons. The number of sulfone groups is 1. The Balaban J connectivity index is 2.10. The molecule has 2 aromatic rings. The molecule has 1 N–H and O–H groups in total. The third kappa shape index (κ3) is 2.69. The van der Waals surface area contributed by atoms with Crippen molar-refractivity contribution in [2.75, 3.05) is 29.5 Å². The van der Waals surface area contributed by atoms with Crippen molar-refractivity contribution in [3.8, 4) is 0 Å². The fraction of sp³-hybridized carbons (Fsp3) is 0.286. The maximum atomic E-state index is 11.5. The summed E-state index contributed by atoms with van der Waals surface area (Å²) in [6.45, 7) is 0.741. The second kappa shape index (κ2) is 5.00. The number of carboxylic acids is 1. The van der Waals surface area contributed by atoms with Crippen LogP contribution < -0.4 is 4.90 Å². The van der Waals surface area contributed by atoms with E-state index in [1.807, 2.05) is 17.0 Å². The molecule has 0 radical (unpaired) electrons. The van der Waals surface area contributed by atoms with E-state index in [0.717, 1.165) is 11.1 Å². The Morgan fingerprint density at radius 3 is 2.52 bits per heavy atom. The number of hydrogen-bond acceptors (Lipinski definition) is 5. The third-order valence-electron chi connectivity index (χ3n) is 3.60. The Hall–Kier alpha value is -2.15. The smallest absolute Gasteiger partial charge is 0.354 e. The molecular weight excluding hydrogens is 292 g/mol. The molecule has 0 saturated carbocycles. The molecule has 1 aliphatic heterocycles. The second-order valence-corrected chi connectivity index (χ2v) is 7.29.